The minimum Gasteiger partial charge on any atom is -0.497 e. The maximum absolute atomic E-state index is 12.4. The molecule has 0 aliphatic carbocycles. The number of ether oxygens (including phenoxy) is 1. The van der Waals surface area contributed by atoms with Crippen LogP contribution in [-0.2, 0) is 6.18 Å². The first-order valence-electron chi connectivity index (χ1n) is 6.44. The minimum atomic E-state index is -4.40. The molecule has 0 heterocycles. The van der Waals surface area contributed by atoms with Gasteiger partial charge < -0.3 is 4.74 Å². The van der Waals surface area contributed by atoms with Crippen LogP contribution >= 0.6 is 0 Å². The van der Waals surface area contributed by atoms with Crippen molar-refractivity contribution in [3.05, 3.63) is 71.3 Å². The molecule has 5 heteroatoms. The van der Waals surface area contributed by atoms with Crippen molar-refractivity contribution in [1.82, 2.24) is 0 Å². The molecule has 0 radical (unpaired) electrons. The van der Waals surface area contributed by atoms with Gasteiger partial charge in [0, 0.05) is 5.56 Å². The van der Waals surface area contributed by atoms with Crippen molar-refractivity contribution >= 4 is 11.9 Å². The van der Waals surface area contributed by atoms with Crippen molar-refractivity contribution in [1.29, 1.82) is 0 Å². The number of rotatable bonds is 4. The average Bonchev–Trinajstić information content (AvgIpc) is 2.52. The maximum Gasteiger partial charge on any atom is 0.416 e. The SMILES string of the molecule is COc1ccc(/C=C/C(=O)c2ccc(C(F)(F)F)cc2)cc1. The molecule has 0 spiro atoms. The van der Waals surface area contributed by atoms with Gasteiger partial charge in [0.1, 0.15) is 5.75 Å². The summed E-state index contributed by atoms with van der Waals surface area (Å²) >= 11 is 0. The fourth-order valence-corrected chi connectivity index (χ4v) is 1.81. The van der Waals surface area contributed by atoms with Gasteiger partial charge in [-0.1, -0.05) is 30.3 Å². The summed E-state index contributed by atoms with van der Waals surface area (Å²) in [5.41, 5.74) is 0.224. The normalized spacial score (nSPS) is 11.6. The monoisotopic (exact) mass is 306 g/mol. The second-order valence-electron chi connectivity index (χ2n) is 4.55. The number of allylic oxidation sites excluding steroid dienone is 1. The number of alkyl halides is 3. The summed E-state index contributed by atoms with van der Waals surface area (Å²) in [6.45, 7) is 0. The largest absolute Gasteiger partial charge is 0.497 e. The second kappa shape index (κ2) is 6.47. The summed E-state index contributed by atoms with van der Waals surface area (Å²) in [7, 11) is 1.55. The summed E-state index contributed by atoms with van der Waals surface area (Å²) in [6.07, 6.45) is -1.48. The zero-order valence-electron chi connectivity index (χ0n) is 11.7. The van der Waals surface area contributed by atoms with Gasteiger partial charge in [0.15, 0.2) is 5.78 Å². The van der Waals surface area contributed by atoms with E-state index in [0.717, 1.165) is 17.7 Å². The maximum atomic E-state index is 12.4. The quantitative estimate of drug-likeness (QED) is 0.609. The molecule has 0 atom stereocenters. The average molecular weight is 306 g/mol. The molecular weight excluding hydrogens is 293 g/mol. The van der Waals surface area contributed by atoms with E-state index < -0.39 is 11.7 Å². The highest BCUT2D eigenvalue weighted by Gasteiger charge is 2.30. The lowest BCUT2D eigenvalue weighted by molar-refractivity contribution is -0.137. The van der Waals surface area contributed by atoms with Gasteiger partial charge in [-0.2, -0.15) is 13.2 Å². The van der Waals surface area contributed by atoms with Gasteiger partial charge in [-0.3, -0.25) is 4.79 Å². The lowest BCUT2D eigenvalue weighted by Gasteiger charge is -2.06. The summed E-state index contributed by atoms with van der Waals surface area (Å²) < 4.78 is 42.3. The number of hydrogen-bond donors (Lipinski definition) is 0. The molecular formula is C17H13F3O2. The molecule has 2 nitrogen and oxygen atoms in total. The van der Waals surface area contributed by atoms with Crippen LogP contribution in [0.1, 0.15) is 21.5 Å². The van der Waals surface area contributed by atoms with Crippen molar-refractivity contribution in [3.63, 3.8) is 0 Å². The molecule has 2 aromatic carbocycles. The third-order valence-corrected chi connectivity index (χ3v) is 3.04. The lowest BCUT2D eigenvalue weighted by atomic mass is 10.1. The van der Waals surface area contributed by atoms with Crippen molar-refractivity contribution in [2.24, 2.45) is 0 Å². The molecule has 0 bridgehead atoms. The van der Waals surface area contributed by atoms with Gasteiger partial charge in [0.25, 0.3) is 0 Å². The Labute approximate surface area is 125 Å². The van der Waals surface area contributed by atoms with Crippen LogP contribution < -0.4 is 4.74 Å². The van der Waals surface area contributed by atoms with Crippen LogP contribution in [0.25, 0.3) is 6.08 Å². The molecule has 0 unspecified atom stereocenters. The number of halogens is 3. The molecule has 2 rings (SSSR count). The number of carbonyl (C=O) groups excluding carboxylic acids is 1. The van der Waals surface area contributed by atoms with E-state index in [4.69, 9.17) is 4.74 Å². The first kappa shape index (κ1) is 15.8. The van der Waals surface area contributed by atoms with Crippen molar-refractivity contribution in [3.8, 4) is 5.75 Å². The Bertz CT molecular complexity index is 669. The molecule has 0 saturated heterocycles. The predicted octanol–water partition coefficient (Wildman–Crippen LogP) is 4.61. The molecule has 0 saturated carbocycles. The minimum absolute atomic E-state index is 0.206. The van der Waals surface area contributed by atoms with E-state index in [1.54, 1.807) is 37.5 Å². The molecule has 0 fully saturated rings. The third-order valence-electron chi connectivity index (χ3n) is 3.04. The standard InChI is InChI=1S/C17H13F3O2/c1-22-15-9-2-12(3-10-15)4-11-16(21)13-5-7-14(8-6-13)17(18,19)20/h2-11H,1H3/b11-4+. The summed E-state index contributed by atoms with van der Waals surface area (Å²) in [6, 6.07) is 11.2. The molecule has 0 N–H and O–H groups in total. The van der Waals surface area contributed by atoms with Gasteiger partial charge in [-0.05, 0) is 35.9 Å². The Morgan fingerprint density at radius 3 is 2.09 bits per heavy atom. The van der Waals surface area contributed by atoms with Crippen LogP contribution in [0.3, 0.4) is 0 Å². The Hall–Kier alpha value is -2.56. The third kappa shape index (κ3) is 3.97. The molecule has 0 aliphatic rings. The fourth-order valence-electron chi connectivity index (χ4n) is 1.81. The van der Waals surface area contributed by atoms with E-state index in [1.807, 2.05) is 0 Å². The molecule has 0 aromatic heterocycles. The van der Waals surface area contributed by atoms with E-state index in [2.05, 4.69) is 0 Å². The van der Waals surface area contributed by atoms with Gasteiger partial charge in [-0.25, -0.2) is 0 Å². The Balaban J connectivity index is 2.09. The number of methoxy groups -OCH3 is 1. The topological polar surface area (TPSA) is 26.3 Å². The number of benzene rings is 2. The van der Waals surface area contributed by atoms with Crippen molar-refractivity contribution in [2.45, 2.75) is 6.18 Å². The molecule has 0 aliphatic heterocycles. The van der Waals surface area contributed by atoms with Crippen LogP contribution in [0.2, 0.25) is 0 Å². The molecule has 0 amide bonds. The smallest absolute Gasteiger partial charge is 0.416 e. The van der Waals surface area contributed by atoms with Crippen LogP contribution in [-0.4, -0.2) is 12.9 Å². The fraction of sp³-hybridized carbons (Fsp3) is 0.118. The number of ketones is 1. The summed E-state index contributed by atoms with van der Waals surface area (Å²) in [5.74, 6) is 0.343. The van der Waals surface area contributed by atoms with Gasteiger partial charge in [-0.15, -0.1) is 0 Å². The first-order chi connectivity index (χ1) is 10.4. The Morgan fingerprint density at radius 2 is 1.59 bits per heavy atom. The second-order valence-corrected chi connectivity index (χ2v) is 4.55. The van der Waals surface area contributed by atoms with Crippen LogP contribution in [0.15, 0.2) is 54.6 Å². The summed E-state index contributed by atoms with van der Waals surface area (Å²) in [4.78, 5) is 11.9. The number of hydrogen-bond acceptors (Lipinski definition) is 2. The van der Waals surface area contributed by atoms with Crippen molar-refractivity contribution in [2.75, 3.05) is 7.11 Å². The van der Waals surface area contributed by atoms with Crippen molar-refractivity contribution < 1.29 is 22.7 Å². The zero-order chi connectivity index (χ0) is 16.2. The molecule has 114 valence electrons. The van der Waals surface area contributed by atoms with Crippen LogP contribution in [0.4, 0.5) is 13.2 Å². The first-order valence-corrected chi connectivity index (χ1v) is 6.44. The van der Waals surface area contributed by atoms with E-state index in [9.17, 15) is 18.0 Å². The highest BCUT2D eigenvalue weighted by Crippen LogP contribution is 2.29. The van der Waals surface area contributed by atoms with Crippen LogP contribution in [0, 0.1) is 0 Å². The van der Waals surface area contributed by atoms with E-state index in [0.29, 0.717) is 5.75 Å². The van der Waals surface area contributed by atoms with Gasteiger partial charge >= 0.3 is 6.18 Å². The highest BCUT2D eigenvalue weighted by molar-refractivity contribution is 6.06. The van der Waals surface area contributed by atoms with E-state index in [1.165, 1.54) is 18.2 Å². The molecule has 2 aromatic rings. The van der Waals surface area contributed by atoms with E-state index in [-0.39, 0.29) is 11.3 Å². The predicted molar refractivity (Wildman–Crippen MR) is 77.8 cm³/mol. The highest BCUT2D eigenvalue weighted by atomic mass is 19.4. The van der Waals surface area contributed by atoms with E-state index >= 15 is 0 Å². The Morgan fingerprint density at radius 1 is 1.00 bits per heavy atom. The van der Waals surface area contributed by atoms with Gasteiger partial charge in [0.05, 0.1) is 12.7 Å². The van der Waals surface area contributed by atoms with Gasteiger partial charge in [0.2, 0.25) is 0 Å². The lowest BCUT2D eigenvalue weighted by Crippen LogP contribution is -2.05. The van der Waals surface area contributed by atoms with Crippen LogP contribution in [0.5, 0.6) is 5.75 Å². The Kier molecular flexibility index (Phi) is 4.65. The summed E-state index contributed by atoms with van der Waals surface area (Å²) in [5, 5.41) is 0. The number of carbonyl (C=O) groups is 1. The zero-order valence-corrected chi connectivity index (χ0v) is 11.7. The molecule has 22 heavy (non-hydrogen) atoms.